The first-order chi connectivity index (χ1) is 12.7. The van der Waals surface area contributed by atoms with Gasteiger partial charge in [0, 0.05) is 0 Å². The van der Waals surface area contributed by atoms with Gasteiger partial charge < -0.3 is 4.74 Å². The second-order valence-corrected chi connectivity index (χ2v) is 6.23. The molecule has 0 aromatic heterocycles. The monoisotopic (exact) mass is 347 g/mol. The number of allylic oxidation sites excluding steroid dienone is 1. The van der Waals surface area contributed by atoms with Crippen molar-refractivity contribution in [2.75, 3.05) is 6.61 Å². The van der Waals surface area contributed by atoms with Crippen molar-refractivity contribution >= 4 is 5.97 Å². The molecule has 0 amide bonds. The van der Waals surface area contributed by atoms with Crippen LogP contribution in [0.4, 0.5) is 0 Å². The zero-order chi connectivity index (χ0) is 18.7. The number of hydrogen-bond acceptors (Lipinski definition) is 3. The van der Waals surface area contributed by atoms with Gasteiger partial charge >= 0.3 is 5.97 Å². The van der Waals surface area contributed by atoms with Crippen molar-refractivity contribution in [1.29, 1.82) is 5.26 Å². The number of aryl methyl sites for hydroxylation is 1. The summed E-state index contributed by atoms with van der Waals surface area (Å²) in [5.74, 6) is -0.458. The fraction of sp³-hybridized carbons (Fsp3) is 0.304. The number of hydrogen-bond donors (Lipinski definition) is 0. The Balaban J connectivity index is 2.07. The van der Waals surface area contributed by atoms with Gasteiger partial charge in [0.2, 0.25) is 0 Å². The number of rotatable bonds is 9. The van der Waals surface area contributed by atoms with Gasteiger partial charge in [-0.15, -0.1) is 0 Å². The van der Waals surface area contributed by atoms with E-state index in [0.717, 1.165) is 18.4 Å². The maximum atomic E-state index is 12.5. The first-order valence-electron chi connectivity index (χ1n) is 9.04. The second-order valence-electron chi connectivity index (χ2n) is 6.23. The first-order valence-corrected chi connectivity index (χ1v) is 9.04. The van der Waals surface area contributed by atoms with Crippen LogP contribution in [0.25, 0.3) is 0 Å². The maximum absolute atomic E-state index is 12.5. The van der Waals surface area contributed by atoms with Gasteiger partial charge in [-0.3, -0.25) is 0 Å². The van der Waals surface area contributed by atoms with Crippen LogP contribution in [-0.2, 0) is 22.4 Å². The van der Waals surface area contributed by atoms with Crippen molar-refractivity contribution in [3.05, 3.63) is 83.9 Å². The molecule has 0 aliphatic carbocycles. The van der Waals surface area contributed by atoms with Gasteiger partial charge in [-0.25, -0.2) is 4.79 Å². The SMILES string of the molecule is CCOC(=O)[C@](C#N)(/C=C/Cc1ccccc1)CCCc1ccccc1. The highest BCUT2D eigenvalue weighted by atomic mass is 16.5. The van der Waals surface area contributed by atoms with Crippen molar-refractivity contribution < 1.29 is 9.53 Å². The van der Waals surface area contributed by atoms with E-state index in [0.29, 0.717) is 12.8 Å². The average Bonchev–Trinajstić information content (AvgIpc) is 2.68. The Morgan fingerprint density at radius 2 is 1.69 bits per heavy atom. The van der Waals surface area contributed by atoms with E-state index >= 15 is 0 Å². The number of carbonyl (C=O) groups excluding carboxylic acids is 1. The van der Waals surface area contributed by atoms with Gasteiger partial charge in [-0.2, -0.15) is 5.26 Å². The molecule has 0 bridgehead atoms. The molecule has 0 radical (unpaired) electrons. The minimum atomic E-state index is -1.22. The van der Waals surface area contributed by atoms with Crippen LogP contribution in [0.3, 0.4) is 0 Å². The highest BCUT2D eigenvalue weighted by molar-refractivity contribution is 5.82. The van der Waals surface area contributed by atoms with Crippen LogP contribution in [-0.4, -0.2) is 12.6 Å². The summed E-state index contributed by atoms with van der Waals surface area (Å²) in [5, 5.41) is 9.77. The minimum absolute atomic E-state index is 0.271. The molecule has 0 saturated carbocycles. The lowest BCUT2D eigenvalue weighted by Gasteiger charge is -2.21. The van der Waals surface area contributed by atoms with Crippen LogP contribution < -0.4 is 0 Å². The molecule has 3 heteroatoms. The van der Waals surface area contributed by atoms with E-state index in [1.54, 1.807) is 13.0 Å². The summed E-state index contributed by atoms with van der Waals surface area (Å²) in [6.07, 6.45) is 6.33. The summed E-state index contributed by atoms with van der Waals surface area (Å²) >= 11 is 0. The van der Waals surface area contributed by atoms with Crippen molar-refractivity contribution in [1.82, 2.24) is 0 Å². The molecule has 134 valence electrons. The Kier molecular flexibility index (Phi) is 7.64. The molecular formula is C23H25NO2. The number of ether oxygens (including phenoxy) is 1. The Morgan fingerprint density at radius 1 is 1.08 bits per heavy atom. The third-order valence-electron chi connectivity index (χ3n) is 4.32. The van der Waals surface area contributed by atoms with E-state index in [1.807, 2.05) is 54.6 Å². The number of carbonyl (C=O) groups is 1. The molecule has 2 aromatic carbocycles. The third kappa shape index (κ3) is 5.60. The summed E-state index contributed by atoms with van der Waals surface area (Å²) in [4.78, 5) is 12.5. The molecule has 0 spiro atoms. The Bertz CT molecular complexity index is 747. The molecule has 3 nitrogen and oxygen atoms in total. The van der Waals surface area contributed by atoms with Crippen LogP contribution in [0, 0.1) is 16.7 Å². The highest BCUT2D eigenvalue weighted by Crippen LogP contribution is 2.28. The molecule has 0 aliphatic heterocycles. The Morgan fingerprint density at radius 3 is 2.27 bits per heavy atom. The number of nitrogens with zero attached hydrogens (tertiary/aromatic N) is 1. The van der Waals surface area contributed by atoms with Gasteiger partial charge in [-0.1, -0.05) is 72.8 Å². The fourth-order valence-electron chi connectivity index (χ4n) is 2.88. The molecule has 2 rings (SSSR count). The molecule has 2 aromatic rings. The molecule has 0 aliphatic rings. The quantitative estimate of drug-likeness (QED) is 0.480. The number of nitriles is 1. The lowest BCUT2D eigenvalue weighted by Crippen LogP contribution is -2.30. The predicted octanol–water partition coefficient (Wildman–Crippen LogP) is 4.88. The first kappa shape index (κ1) is 19.5. The van der Waals surface area contributed by atoms with E-state index in [-0.39, 0.29) is 6.61 Å². The van der Waals surface area contributed by atoms with Gasteiger partial charge in [0.1, 0.15) is 0 Å². The molecule has 0 unspecified atom stereocenters. The molecule has 0 N–H and O–H groups in total. The van der Waals surface area contributed by atoms with Gasteiger partial charge in [-0.05, 0) is 43.7 Å². The smallest absolute Gasteiger partial charge is 0.330 e. The molecule has 1 atom stereocenters. The van der Waals surface area contributed by atoms with Gasteiger partial charge in [0.15, 0.2) is 5.41 Å². The summed E-state index contributed by atoms with van der Waals surface area (Å²) in [6, 6.07) is 22.3. The number of esters is 1. The van der Waals surface area contributed by atoms with E-state index in [1.165, 1.54) is 5.56 Å². The van der Waals surface area contributed by atoms with Gasteiger partial charge in [0.25, 0.3) is 0 Å². The van der Waals surface area contributed by atoms with Crippen LogP contribution in [0.15, 0.2) is 72.8 Å². The van der Waals surface area contributed by atoms with Crippen molar-refractivity contribution in [3.63, 3.8) is 0 Å². The van der Waals surface area contributed by atoms with Crippen LogP contribution in [0.1, 0.15) is 30.9 Å². The largest absolute Gasteiger partial charge is 0.465 e. The summed E-state index contributed by atoms with van der Waals surface area (Å²) in [7, 11) is 0. The fourth-order valence-corrected chi connectivity index (χ4v) is 2.88. The molecular weight excluding hydrogens is 322 g/mol. The lowest BCUT2D eigenvalue weighted by atomic mass is 9.83. The Hall–Kier alpha value is -2.86. The average molecular weight is 347 g/mol. The third-order valence-corrected chi connectivity index (χ3v) is 4.32. The molecule has 0 heterocycles. The molecule has 0 fully saturated rings. The predicted molar refractivity (Wildman–Crippen MR) is 103 cm³/mol. The highest BCUT2D eigenvalue weighted by Gasteiger charge is 2.37. The second kappa shape index (κ2) is 10.2. The summed E-state index contributed by atoms with van der Waals surface area (Å²) in [5.41, 5.74) is 1.12. The van der Waals surface area contributed by atoms with Crippen LogP contribution in [0.2, 0.25) is 0 Å². The van der Waals surface area contributed by atoms with Crippen molar-refractivity contribution in [2.24, 2.45) is 5.41 Å². The van der Waals surface area contributed by atoms with Crippen molar-refractivity contribution in [3.8, 4) is 6.07 Å². The topological polar surface area (TPSA) is 50.1 Å². The van der Waals surface area contributed by atoms with Gasteiger partial charge in [0.05, 0.1) is 12.7 Å². The maximum Gasteiger partial charge on any atom is 0.330 e. The van der Waals surface area contributed by atoms with E-state index in [9.17, 15) is 10.1 Å². The normalized spacial score (nSPS) is 13.1. The molecule has 0 saturated heterocycles. The summed E-state index contributed by atoms with van der Waals surface area (Å²) < 4.78 is 5.19. The zero-order valence-corrected chi connectivity index (χ0v) is 15.2. The van der Waals surface area contributed by atoms with Crippen LogP contribution >= 0.6 is 0 Å². The lowest BCUT2D eigenvalue weighted by molar-refractivity contribution is -0.149. The van der Waals surface area contributed by atoms with E-state index in [4.69, 9.17) is 4.74 Å². The minimum Gasteiger partial charge on any atom is -0.465 e. The number of benzene rings is 2. The molecule has 26 heavy (non-hydrogen) atoms. The van der Waals surface area contributed by atoms with Crippen LogP contribution in [0.5, 0.6) is 0 Å². The van der Waals surface area contributed by atoms with Crippen molar-refractivity contribution in [2.45, 2.75) is 32.6 Å². The standard InChI is InChI=1S/C23H25NO2/c1-2-26-22(25)23(19-24,17-9-15-20-11-5-3-6-12-20)18-10-16-21-13-7-4-8-14-21/h3-9,11-14,17H,2,10,15-16,18H2,1H3/b17-9+/t23-/m1/s1. The van der Waals surface area contributed by atoms with E-state index in [2.05, 4.69) is 18.2 Å². The zero-order valence-electron chi connectivity index (χ0n) is 15.2. The summed E-state index contributed by atoms with van der Waals surface area (Å²) in [6.45, 7) is 2.03. The van der Waals surface area contributed by atoms with E-state index < -0.39 is 11.4 Å². The Labute approximate surface area is 155 Å².